The Morgan fingerprint density at radius 3 is 2.25 bits per heavy atom. The van der Waals surface area contributed by atoms with Crippen molar-refractivity contribution in [1.82, 2.24) is 0 Å². The Balaban J connectivity index is 0. The molecule has 2 N–H and O–H groups in total. The van der Waals surface area contributed by atoms with Crippen molar-refractivity contribution >= 4 is 18.3 Å². The number of primary amides is 1. The summed E-state index contributed by atoms with van der Waals surface area (Å²) in [7, 11) is 0. The molecule has 1 amide bonds. The van der Waals surface area contributed by atoms with E-state index in [9.17, 15) is 13.6 Å². The van der Waals surface area contributed by atoms with Crippen LogP contribution in [-0.2, 0) is 4.79 Å². The van der Waals surface area contributed by atoms with E-state index in [1.807, 2.05) is 6.92 Å². The molecular weight excluding hydrogens is 188 g/mol. The van der Waals surface area contributed by atoms with Gasteiger partial charge >= 0.3 is 5.92 Å². The molecule has 0 aliphatic carbocycles. The highest BCUT2D eigenvalue weighted by atomic mass is 35.5. The Kier molecular flexibility index (Phi) is 7.28. The third-order valence-electron chi connectivity index (χ3n) is 1.45. The molecule has 0 atom stereocenters. The Bertz CT molecular complexity index is 141. The van der Waals surface area contributed by atoms with Gasteiger partial charge in [-0.25, -0.2) is 0 Å². The van der Waals surface area contributed by atoms with Crippen molar-refractivity contribution in [3.05, 3.63) is 0 Å². The molecule has 0 rings (SSSR count). The molecule has 0 unspecified atom stereocenters. The summed E-state index contributed by atoms with van der Waals surface area (Å²) in [5.74, 6) is -4.83. The summed E-state index contributed by atoms with van der Waals surface area (Å²) in [6, 6.07) is 0. The zero-order valence-corrected chi connectivity index (χ0v) is 7.79. The van der Waals surface area contributed by atoms with Crippen LogP contribution in [0.5, 0.6) is 0 Å². The standard InChI is InChI=1S/C7H13F2NO.ClH/c1-2-3-4-5-7(8,9)6(10)11;/h2-5H2,1H3,(H2,10,11);1H. The van der Waals surface area contributed by atoms with Gasteiger partial charge in [0.25, 0.3) is 5.91 Å². The van der Waals surface area contributed by atoms with Gasteiger partial charge in [-0.2, -0.15) is 8.78 Å². The quantitative estimate of drug-likeness (QED) is 0.681. The van der Waals surface area contributed by atoms with Crippen molar-refractivity contribution in [1.29, 1.82) is 0 Å². The molecule has 74 valence electrons. The first kappa shape index (κ1) is 14.2. The summed E-state index contributed by atoms with van der Waals surface area (Å²) in [6.07, 6.45) is 1.50. The van der Waals surface area contributed by atoms with Crippen LogP contribution in [0.2, 0.25) is 0 Å². The van der Waals surface area contributed by atoms with Gasteiger partial charge in [-0.1, -0.05) is 19.8 Å². The largest absolute Gasteiger partial charge is 0.364 e. The second-order valence-electron chi connectivity index (χ2n) is 2.53. The average molecular weight is 202 g/mol. The number of rotatable bonds is 5. The highest BCUT2D eigenvalue weighted by Gasteiger charge is 2.35. The van der Waals surface area contributed by atoms with E-state index < -0.39 is 18.3 Å². The first-order chi connectivity index (χ1) is 5.00. The maximum Gasteiger partial charge on any atom is 0.324 e. The van der Waals surface area contributed by atoms with Gasteiger partial charge in [0, 0.05) is 6.42 Å². The van der Waals surface area contributed by atoms with Crippen LogP contribution in [0.25, 0.3) is 0 Å². The molecule has 0 aliphatic heterocycles. The molecule has 0 radical (unpaired) electrons. The van der Waals surface area contributed by atoms with E-state index in [2.05, 4.69) is 5.73 Å². The van der Waals surface area contributed by atoms with Gasteiger partial charge in [0.2, 0.25) is 0 Å². The smallest absolute Gasteiger partial charge is 0.324 e. The minimum Gasteiger partial charge on any atom is -0.364 e. The number of hydrogen-bond donors (Lipinski definition) is 1. The molecule has 0 aromatic rings. The summed E-state index contributed by atoms with van der Waals surface area (Å²) < 4.78 is 24.8. The predicted octanol–water partition coefficient (Wildman–Crippen LogP) is 2.11. The number of nitrogens with two attached hydrogens (primary N) is 1. The lowest BCUT2D eigenvalue weighted by Crippen LogP contribution is -2.35. The van der Waals surface area contributed by atoms with Crippen LogP contribution >= 0.6 is 12.4 Å². The van der Waals surface area contributed by atoms with E-state index in [-0.39, 0.29) is 12.4 Å². The second-order valence-corrected chi connectivity index (χ2v) is 2.53. The molecule has 0 bridgehead atoms. The highest BCUT2D eigenvalue weighted by molar-refractivity contribution is 5.85. The Hall–Kier alpha value is -0.380. The van der Waals surface area contributed by atoms with Crippen molar-refractivity contribution in [2.75, 3.05) is 0 Å². The average Bonchev–Trinajstić information content (AvgIpc) is 1.88. The van der Waals surface area contributed by atoms with E-state index in [0.717, 1.165) is 6.42 Å². The topological polar surface area (TPSA) is 43.1 Å². The number of halogens is 3. The molecule has 0 aromatic heterocycles. The molecule has 0 fully saturated rings. The third kappa shape index (κ3) is 5.29. The zero-order chi connectivity index (χ0) is 8.91. The first-order valence-electron chi connectivity index (χ1n) is 3.68. The summed E-state index contributed by atoms with van der Waals surface area (Å²) in [5, 5.41) is 0. The van der Waals surface area contributed by atoms with Gasteiger partial charge < -0.3 is 5.73 Å². The van der Waals surface area contributed by atoms with Gasteiger partial charge in [0.1, 0.15) is 0 Å². The maximum atomic E-state index is 12.4. The number of alkyl halides is 2. The number of carbonyl (C=O) groups is 1. The van der Waals surface area contributed by atoms with E-state index >= 15 is 0 Å². The predicted molar refractivity (Wildman–Crippen MR) is 45.5 cm³/mol. The van der Waals surface area contributed by atoms with Gasteiger partial charge in [-0.3, -0.25) is 4.79 Å². The normalized spacial score (nSPS) is 10.6. The number of carbonyl (C=O) groups excluding carboxylic acids is 1. The first-order valence-corrected chi connectivity index (χ1v) is 3.68. The molecule has 0 aromatic carbocycles. The maximum absolute atomic E-state index is 12.4. The van der Waals surface area contributed by atoms with Crippen molar-refractivity contribution in [3.8, 4) is 0 Å². The van der Waals surface area contributed by atoms with Crippen LogP contribution in [-0.4, -0.2) is 11.8 Å². The van der Waals surface area contributed by atoms with Crippen molar-refractivity contribution in [2.45, 2.75) is 38.5 Å². The Morgan fingerprint density at radius 1 is 1.42 bits per heavy atom. The SMILES string of the molecule is CCCCCC(F)(F)C(N)=O.Cl. The summed E-state index contributed by atoms with van der Waals surface area (Å²) in [5.41, 5.74) is 4.46. The summed E-state index contributed by atoms with van der Waals surface area (Å²) in [4.78, 5) is 10.1. The lowest BCUT2D eigenvalue weighted by Gasteiger charge is -2.10. The molecule has 0 saturated heterocycles. The molecule has 2 nitrogen and oxygen atoms in total. The van der Waals surface area contributed by atoms with Crippen LogP contribution in [0.15, 0.2) is 0 Å². The van der Waals surface area contributed by atoms with E-state index in [0.29, 0.717) is 12.8 Å². The molecular formula is C7H14ClF2NO. The number of unbranched alkanes of at least 4 members (excludes halogenated alkanes) is 2. The monoisotopic (exact) mass is 201 g/mol. The Morgan fingerprint density at radius 2 is 1.92 bits per heavy atom. The van der Waals surface area contributed by atoms with Crippen molar-refractivity contribution in [2.24, 2.45) is 5.73 Å². The molecule has 0 spiro atoms. The number of hydrogen-bond acceptors (Lipinski definition) is 1. The molecule has 5 heteroatoms. The third-order valence-corrected chi connectivity index (χ3v) is 1.45. The Labute approximate surface area is 76.9 Å². The molecule has 12 heavy (non-hydrogen) atoms. The van der Waals surface area contributed by atoms with Gasteiger partial charge in [0.15, 0.2) is 0 Å². The molecule has 0 heterocycles. The van der Waals surface area contributed by atoms with Crippen LogP contribution in [0.1, 0.15) is 32.6 Å². The lowest BCUT2D eigenvalue weighted by molar-refractivity contribution is -0.142. The fourth-order valence-electron chi connectivity index (χ4n) is 0.720. The van der Waals surface area contributed by atoms with E-state index in [4.69, 9.17) is 0 Å². The minimum absolute atomic E-state index is 0. The highest BCUT2D eigenvalue weighted by Crippen LogP contribution is 2.20. The van der Waals surface area contributed by atoms with Gasteiger partial charge in [-0.05, 0) is 6.42 Å². The van der Waals surface area contributed by atoms with E-state index in [1.54, 1.807) is 0 Å². The second kappa shape index (κ2) is 6.17. The number of amides is 1. The van der Waals surface area contributed by atoms with Crippen LogP contribution in [0.4, 0.5) is 8.78 Å². The van der Waals surface area contributed by atoms with Crippen LogP contribution < -0.4 is 5.73 Å². The van der Waals surface area contributed by atoms with Gasteiger partial charge in [-0.15, -0.1) is 12.4 Å². The van der Waals surface area contributed by atoms with Crippen molar-refractivity contribution < 1.29 is 13.6 Å². The molecule has 0 saturated carbocycles. The zero-order valence-electron chi connectivity index (χ0n) is 6.98. The summed E-state index contributed by atoms with van der Waals surface area (Å²) in [6.45, 7) is 1.91. The van der Waals surface area contributed by atoms with Crippen molar-refractivity contribution in [3.63, 3.8) is 0 Å². The van der Waals surface area contributed by atoms with Gasteiger partial charge in [0.05, 0.1) is 0 Å². The van der Waals surface area contributed by atoms with E-state index in [1.165, 1.54) is 0 Å². The summed E-state index contributed by atoms with van der Waals surface area (Å²) >= 11 is 0. The van der Waals surface area contributed by atoms with Crippen LogP contribution in [0.3, 0.4) is 0 Å². The minimum atomic E-state index is -3.31. The fraction of sp³-hybridized carbons (Fsp3) is 0.857. The fourth-order valence-corrected chi connectivity index (χ4v) is 0.720. The van der Waals surface area contributed by atoms with Crippen LogP contribution in [0, 0.1) is 0 Å². The lowest BCUT2D eigenvalue weighted by atomic mass is 10.1. The molecule has 0 aliphatic rings.